The normalized spacial score (nSPS) is 11.3. The third-order valence-electron chi connectivity index (χ3n) is 3.48. The van der Waals surface area contributed by atoms with Crippen molar-refractivity contribution in [3.63, 3.8) is 0 Å². The van der Waals surface area contributed by atoms with Crippen molar-refractivity contribution in [2.45, 2.75) is 12.9 Å². The second-order valence-corrected chi connectivity index (χ2v) is 5.35. The Kier molecular flexibility index (Phi) is 6.70. The van der Waals surface area contributed by atoms with Gasteiger partial charge in [0.1, 0.15) is 17.2 Å². The Morgan fingerprint density at radius 2 is 1.70 bits per heavy atom. The lowest BCUT2D eigenvalue weighted by molar-refractivity contribution is -0.274. The highest BCUT2D eigenvalue weighted by molar-refractivity contribution is 5.91. The van der Waals surface area contributed by atoms with Crippen LogP contribution in [0.3, 0.4) is 0 Å². The van der Waals surface area contributed by atoms with Gasteiger partial charge in [-0.2, -0.15) is 0 Å². The van der Waals surface area contributed by atoms with Gasteiger partial charge in [0.15, 0.2) is 0 Å². The first-order valence-electron chi connectivity index (χ1n) is 7.83. The first-order valence-corrected chi connectivity index (χ1v) is 7.83. The number of benzene rings is 2. The van der Waals surface area contributed by atoms with Gasteiger partial charge in [-0.3, -0.25) is 4.79 Å². The summed E-state index contributed by atoms with van der Waals surface area (Å²) in [5.74, 6) is 0.557. The van der Waals surface area contributed by atoms with Crippen LogP contribution in [-0.2, 0) is 11.3 Å². The van der Waals surface area contributed by atoms with Gasteiger partial charge in [-0.05, 0) is 42.0 Å². The van der Waals surface area contributed by atoms with Crippen LogP contribution in [0, 0.1) is 0 Å². The van der Waals surface area contributed by atoms with Gasteiger partial charge in [0.05, 0.1) is 14.2 Å². The zero-order chi connectivity index (χ0) is 19.9. The molecule has 0 saturated carbocycles. The molecule has 0 aromatic heterocycles. The van der Waals surface area contributed by atoms with Crippen molar-refractivity contribution in [2.75, 3.05) is 14.2 Å². The first kappa shape index (κ1) is 20.2. The summed E-state index contributed by atoms with van der Waals surface area (Å²) in [5, 5.41) is 2.70. The van der Waals surface area contributed by atoms with Crippen molar-refractivity contribution in [3.05, 3.63) is 59.7 Å². The molecular weight excluding hydrogens is 363 g/mol. The number of carbonyl (C=O) groups excluding carboxylic acids is 1. The summed E-state index contributed by atoms with van der Waals surface area (Å²) in [4.78, 5) is 12.0. The third kappa shape index (κ3) is 6.58. The number of amides is 1. The summed E-state index contributed by atoms with van der Waals surface area (Å²) in [6.45, 7) is 0.224. The number of nitrogens with one attached hydrogen (secondary N) is 1. The Hall–Kier alpha value is -3.16. The highest BCUT2D eigenvalue weighted by atomic mass is 19.4. The van der Waals surface area contributed by atoms with Gasteiger partial charge in [-0.1, -0.05) is 12.1 Å². The van der Waals surface area contributed by atoms with Gasteiger partial charge >= 0.3 is 6.36 Å². The van der Waals surface area contributed by atoms with Gasteiger partial charge in [0.25, 0.3) is 0 Å². The molecule has 0 bridgehead atoms. The van der Waals surface area contributed by atoms with E-state index in [0.29, 0.717) is 17.1 Å². The van der Waals surface area contributed by atoms with E-state index in [-0.39, 0.29) is 18.2 Å². The maximum Gasteiger partial charge on any atom is 0.573 e. The SMILES string of the molecule is COc1ccc(OC)c(CNC(=O)/C=C/c2ccc(OC(F)(F)F)cc2)c1. The predicted molar refractivity (Wildman–Crippen MR) is 93.6 cm³/mol. The maximum atomic E-state index is 12.1. The molecular formula is C19H18F3NO4. The predicted octanol–water partition coefficient (Wildman–Crippen LogP) is 3.93. The zero-order valence-corrected chi connectivity index (χ0v) is 14.7. The molecule has 2 aromatic carbocycles. The molecule has 0 aliphatic carbocycles. The molecule has 0 unspecified atom stereocenters. The number of alkyl halides is 3. The van der Waals surface area contributed by atoms with Crippen molar-refractivity contribution in [3.8, 4) is 17.2 Å². The summed E-state index contributed by atoms with van der Waals surface area (Å²) >= 11 is 0. The number of carbonyl (C=O) groups is 1. The third-order valence-corrected chi connectivity index (χ3v) is 3.48. The quantitative estimate of drug-likeness (QED) is 0.739. The van der Waals surface area contributed by atoms with Gasteiger partial charge < -0.3 is 19.5 Å². The molecule has 0 fully saturated rings. The van der Waals surface area contributed by atoms with E-state index in [4.69, 9.17) is 9.47 Å². The van der Waals surface area contributed by atoms with E-state index < -0.39 is 6.36 Å². The molecule has 0 atom stereocenters. The molecule has 5 nitrogen and oxygen atoms in total. The Morgan fingerprint density at radius 1 is 1.04 bits per heavy atom. The lowest BCUT2D eigenvalue weighted by Crippen LogP contribution is -2.20. The summed E-state index contributed by atoms with van der Waals surface area (Å²) in [6.07, 6.45) is -1.97. The van der Waals surface area contributed by atoms with Gasteiger partial charge in [-0.15, -0.1) is 13.2 Å². The van der Waals surface area contributed by atoms with Crippen LogP contribution in [0.1, 0.15) is 11.1 Å². The molecule has 0 radical (unpaired) electrons. The van der Waals surface area contributed by atoms with E-state index in [1.807, 2.05) is 0 Å². The zero-order valence-electron chi connectivity index (χ0n) is 14.7. The summed E-state index contributed by atoms with van der Waals surface area (Å²) in [7, 11) is 3.07. The van der Waals surface area contributed by atoms with Crippen LogP contribution in [-0.4, -0.2) is 26.5 Å². The molecule has 2 rings (SSSR count). The van der Waals surface area contributed by atoms with Crippen molar-refractivity contribution in [2.24, 2.45) is 0 Å². The highest BCUT2D eigenvalue weighted by Gasteiger charge is 2.30. The molecule has 0 heterocycles. The molecule has 1 amide bonds. The van der Waals surface area contributed by atoms with Crippen molar-refractivity contribution >= 4 is 12.0 Å². The fourth-order valence-electron chi connectivity index (χ4n) is 2.21. The monoisotopic (exact) mass is 381 g/mol. The summed E-state index contributed by atoms with van der Waals surface area (Å²) in [5.41, 5.74) is 1.30. The van der Waals surface area contributed by atoms with E-state index in [9.17, 15) is 18.0 Å². The molecule has 1 N–H and O–H groups in total. The lowest BCUT2D eigenvalue weighted by Gasteiger charge is -2.10. The number of methoxy groups -OCH3 is 2. The molecule has 27 heavy (non-hydrogen) atoms. The minimum absolute atomic E-state index is 0.224. The topological polar surface area (TPSA) is 56.8 Å². The van der Waals surface area contributed by atoms with Crippen LogP contribution in [0.4, 0.5) is 13.2 Å². The van der Waals surface area contributed by atoms with Crippen LogP contribution in [0.5, 0.6) is 17.2 Å². The van der Waals surface area contributed by atoms with Crippen LogP contribution >= 0.6 is 0 Å². The Morgan fingerprint density at radius 3 is 2.30 bits per heavy atom. The molecule has 0 aliphatic rings. The molecule has 144 valence electrons. The molecule has 0 aliphatic heterocycles. The highest BCUT2D eigenvalue weighted by Crippen LogP contribution is 2.24. The van der Waals surface area contributed by atoms with E-state index in [0.717, 1.165) is 5.56 Å². The fraction of sp³-hybridized carbons (Fsp3) is 0.211. The minimum Gasteiger partial charge on any atom is -0.497 e. The standard InChI is InChI=1S/C19H18F3NO4/c1-25-16-8-9-17(26-2)14(11-16)12-23-18(24)10-5-13-3-6-15(7-4-13)27-19(20,21)22/h3-11H,12H2,1-2H3,(H,23,24)/b10-5+. The molecule has 0 spiro atoms. The maximum absolute atomic E-state index is 12.1. The second-order valence-electron chi connectivity index (χ2n) is 5.35. The average molecular weight is 381 g/mol. The van der Waals surface area contributed by atoms with E-state index in [2.05, 4.69) is 10.1 Å². The fourth-order valence-corrected chi connectivity index (χ4v) is 2.21. The summed E-state index contributed by atoms with van der Waals surface area (Å²) in [6, 6.07) is 10.4. The molecule has 2 aromatic rings. The lowest BCUT2D eigenvalue weighted by atomic mass is 10.2. The van der Waals surface area contributed by atoms with Crippen molar-refractivity contribution in [1.82, 2.24) is 5.32 Å². The Bertz CT molecular complexity index is 802. The number of rotatable bonds is 7. The first-order chi connectivity index (χ1) is 12.8. The number of hydrogen-bond acceptors (Lipinski definition) is 4. The second kappa shape index (κ2) is 8.98. The minimum atomic E-state index is -4.74. The van der Waals surface area contributed by atoms with Gasteiger partial charge in [0, 0.05) is 18.2 Å². The largest absolute Gasteiger partial charge is 0.573 e. The van der Waals surface area contributed by atoms with Gasteiger partial charge in [-0.25, -0.2) is 0 Å². The summed E-state index contributed by atoms with van der Waals surface area (Å²) < 4.78 is 50.5. The van der Waals surface area contributed by atoms with Crippen LogP contribution < -0.4 is 19.5 Å². The van der Waals surface area contributed by atoms with Crippen LogP contribution in [0.25, 0.3) is 6.08 Å². The molecule has 0 saturated heterocycles. The Balaban J connectivity index is 1.94. The Labute approximate surface area is 154 Å². The smallest absolute Gasteiger partial charge is 0.497 e. The van der Waals surface area contributed by atoms with E-state index in [1.165, 1.54) is 50.6 Å². The van der Waals surface area contributed by atoms with Crippen LogP contribution in [0.2, 0.25) is 0 Å². The van der Waals surface area contributed by atoms with Crippen molar-refractivity contribution < 1.29 is 32.2 Å². The number of halogens is 3. The van der Waals surface area contributed by atoms with Crippen molar-refractivity contribution in [1.29, 1.82) is 0 Å². The van der Waals surface area contributed by atoms with Crippen LogP contribution in [0.15, 0.2) is 48.5 Å². The van der Waals surface area contributed by atoms with E-state index >= 15 is 0 Å². The number of hydrogen-bond donors (Lipinski definition) is 1. The molecule has 8 heteroatoms. The average Bonchev–Trinajstić information content (AvgIpc) is 2.64. The van der Waals surface area contributed by atoms with E-state index in [1.54, 1.807) is 18.2 Å². The van der Waals surface area contributed by atoms with Gasteiger partial charge in [0.2, 0.25) is 5.91 Å². The number of ether oxygens (including phenoxy) is 3.